The molecule has 2 aromatic carbocycles. The first kappa shape index (κ1) is 18.3. The second-order valence-electron chi connectivity index (χ2n) is 6.61. The molecule has 138 valence electrons. The van der Waals surface area contributed by atoms with E-state index >= 15 is 0 Å². The van der Waals surface area contributed by atoms with Gasteiger partial charge in [-0.1, -0.05) is 0 Å². The van der Waals surface area contributed by atoms with Crippen molar-refractivity contribution >= 4 is 6.21 Å². The van der Waals surface area contributed by atoms with Crippen LogP contribution in [0.25, 0.3) is 0 Å². The zero-order valence-corrected chi connectivity index (χ0v) is 15.4. The fourth-order valence-electron chi connectivity index (χ4n) is 3.50. The van der Waals surface area contributed by atoms with Crippen LogP contribution in [0.15, 0.2) is 47.5 Å². The molecule has 5 nitrogen and oxygen atoms in total. The highest BCUT2D eigenvalue weighted by molar-refractivity contribution is 5.84. The molecule has 0 bridgehead atoms. The molecule has 1 atom stereocenters. The summed E-state index contributed by atoms with van der Waals surface area (Å²) >= 11 is 0. The van der Waals surface area contributed by atoms with E-state index < -0.39 is 0 Å². The van der Waals surface area contributed by atoms with Gasteiger partial charge >= 0.3 is 0 Å². The Bertz CT molecular complexity index is 737. The third-order valence-corrected chi connectivity index (χ3v) is 5.01. The number of ether oxygens (including phenoxy) is 2. The van der Waals surface area contributed by atoms with Gasteiger partial charge in [-0.05, 0) is 42.5 Å². The Morgan fingerprint density at radius 2 is 1.69 bits per heavy atom. The molecular weight excluding hydrogens is 328 g/mol. The lowest BCUT2D eigenvalue weighted by Crippen LogP contribution is -3.10. The minimum absolute atomic E-state index is 0.212. The molecule has 0 unspecified atom stereocenters. The summed E-state index contributed by atoms with van der Waals surface area (Å²) in [5, 5.41) is 10.0. The van der Waals surface area contributed by atoms with Crippen LogP contribution in [0.1, 0.15) is 30.0 Å². The van der Waals surface area contributed by atoms with Crippen LogP contribution in [-0.4, -0.2) is 45.2 Å². The van der Waals surface area contributed by atoms with Crippen LogP contribution in [0.2, 0.25) is 0 Å². The lowest BCUT2D eigenvalue weighted by Gasteiger charge is -2.23. The van der Waals surface area contributed by atoms with Gasteiger partial charge in [-0.15, -0.1) is 0 Å². The highest BCUT2D eigenvalue weighted by Gasteiger charge is 2.27. The number of hydrogen-bond donors (Lipinski definition) is 2. The van der Waals surface area contributed by atoms with E-state index in [9.17, 15) is 5.11 Å². The van der Waals surface area contributed by atoms with Gasteiger partial charge in [-0.2, -0.15) is 0 Å². The number of quaternary nitrogens is 1. The molecule has 0 saturated carbocycles. The van der Waals surface area contributed by atoms with Crippen LogP contribution in [-0.2, 0) is 0 Å². The van der Waals surface area contributed by atoms with Gasteiger partial charge < -0.3 is 19.5 Å². The summed E-state index contributed by atoms with van der Waals surface area (Å²) in [7, 11) is 3.30. The summed E-state index contributed by atoms with van der Waals surface area (Å²) in [5.41, 5.74) is 1.95. The first-order valence-electron chi connectivity index (χ1n) is 9.06. The standard InChI is InChI=1S/C21H26N2O3/c1-25-18-7-5-16(6-8-18)20(23-11-3-4-12-23)15-22-14-17-13-19(26-2)9-10-21(17)24/h5-10,13-14,20,24H,3-4,11-12,15H2,1-2H3/p+1/t20-/m0/s1. The molecule has 0 amide bonds. The zero-order chi connectivity index (χ0) is 18.4. The van der Waals surface area contributed by atoms with Gasteiger partial charge in [-0.25, -0.2) is 0 Å². The van der Waals surface area contributed by atoms with Crippen molar-refractivity contribution in [1.29, 1.82) is 0 Å². The largest absolute Gasteiger partial charge is 0.507 e. The average molecular weight is 355 g/mol. The number of phenolic OH excluding ortho intramolecular Hbond substituents is 1. The first-order chi connectivity index (χ1) is 12.7. The monoisotopic (exact) mass is 355 g/mol. The number of likely N-dealkylation sites (tertiary alicyclic amines) is 1. The van der Waals surface area contributed by atoms with E-state index in [1.165, 1.54) is 31.5 Å². The summed E-state index contributed by atoms with van der Waals surface area (Å²) in [6.45, 7) is 3.03. The molecule has 2 aromatic rings. The van der Waals surface area contributed by atoms with Gasteiger partial charge in [-0.3, -0.25) is 4.99 Å². The lowest BCUT2D eigenvalue weighted by molar-refractivity contribution is -0.918. The third kappa shape index (κ3) is 4.35. The van der Waals surface area contributed by atoms with Gasteiger partial charge in [0.2, 0.25) is 0 Å². The Morgan fingerprint density at radius 1 is 1.04 bits per heavy atom. The number of hydrogen-bond acceptors (Lipinski definition) is 4. The smallest absolute Gasteiger partial charge is 0.133 e. The fraction of sp³-hybridized carbons (Fsp3) is 0.381. The quantitative estimate of drug-likeness (QED) is 0.749. The Hall–Kier alpha value is -2.53. The summed E-state index contributed by atoms with van der Waals surface area (Å²) in [6, 6.07) is 13.8. The van der Waals surface area contributed by atoms with Crippen LogP contribution in [0, 0.1) is 0 Å². The Kier molecular flexibility index (Phi) is 6.12. The second-order valence-corrected chi connectivity index (χ2v) is 6.61. The van der Waals surface area contributed by atoms with Crippen LogP contribution in [0.3, 0.4) is 0 Å². The summed E-state index contributed by atoms with van der Waals surface area (Å²) < 4.78 is 10.5. The number of aromatic hydroxyl groups is 1. The molecule has 1 saturated heterocycles. The molecule has 1 aliphatic rings. The molecule has 1 aliphatic heterocycles. The van der Waals surface area contributed by atoms with Gasteiger partial charge in [0, 0.05) is 30.2 Å². The van der Waals surface area contributed by atoms with Crippen molar-refractivity contribution in [2.75, 3.05) is 33.9 Å². The molecule has 5 heteroatoms. The highest BCUT2D eigenvalue weighted by Crippen LogP contribution is 2.22. The van der Waals surface area contributed by atoms with E-state index in [1.54, 1.807) is 43.5 Å². The van der Waals surface area contributed by atoms with E-state index in [1.807, 2.05) is 12.1 Å². The van der Waals surface area contributed by atoms with Gasteiger partial charge in [0.05, 0.1) is 33.9 Å². The van der Waals surface area contributed by atoms with Crippen molar-refractivity contribution in [1.82, 2.24) is 0 Å². The molecule has 0 aliphatic carbocycles. The van der Waals surface area contributed by atoms with Crippen molar-refractivity contribution in [3.8, 4) is 17.2 Å². The second kappa shape index (κ2) is 8.72. The van der Waals surface area contributed by atoms with E-state index in [-0.39, 0.29) is 5.75 Å². The predicted molar refractivity (Wildman–Crippen MR) is 103 cm³/mol. The molecule has 0 spiro atoms. The van der Waals surface area contributed by atoms with Crippen molar-refractivity contribution in [3.63, 3.8) is 0 Å². The van der Waals surface area contributed by atoms with Crippen LogP contribution < -0.4 is 14.4 Å². The zero-order valence-electron chi connectivity index (χ0n) is 15.4. The molecule has 0 aromatic heterocycles. The van der Waals surface area contributed by atoms with Crippen molar-refractivity contribution in [2.45, 2.75) is 18.9 Å². The number of rotatable bonds is 7. The Balaban J connectivity index is 1.77. The van der Waals surface area contributed by atoms with E-state index in [0.29, 0.717) is 23.9 Å². The fourth-order valence-corrected chi connectivity index (χ4v) is 3.50. The molecule has 0 radical (unpaired) electrons. The maximum atomic E-state index is 10.0. The predicted octanol–water partition coefficient (Wildman–Crippen LogP) is 2.25. The van der Waals surface area contributed by atoms with Crippen LogP contribution in [0.5, 0.6) is 17.2 Å². The topological polar surface area (TPSA) is 55.5 Å². The van der Waals surface area contributed by atoms with Gasteiger partial charge in [0.1, 0.15) is 23.3 Å². The Labute approximate surface area is 154 Å². The van der Waals surface area contributed by atoms with E-state index in [0.717, 1.165) is 5.75 Å². The first-order valence-corrected chi connectivity index (χ1v) is 9.06. The number of benzene rings is 2. The maximum Gasteiger partial charge on any atom is 0.133 e. The van der Waals surface area contributed by atoms with E-state index in [2.05, 4.69) is 17.1 Å². The molecule has 26 heavy (non-hydrogen) atoms. The number of nitrogens with zero attached hydrogens (tertiary/aromatic N) is 1. The maximum absolute atomic E-state index is 10.0. The van der Waals surface area contributed by atoms with E-state index in [4.69, 9.17) is 9.47 Å². The SMILES string of the molecule is COc1ccc([C@H](CN=Cc2cc(OC)ccc2O)[NH+]2CCCC2)cc1. The number of nitrogens with one attached hydrogen (secondary N) is 1. The molecule has 1 heterocycles. The van der Waals surface area contributed by atoms with Gasteiger partial charge in [0.25, 0.3) is 0 Å². The molecule has 2 N–H and O–H groups in total. The Morgan fingerprint density at radius 3 is 2.35 bits per heavy atom. The minimum Gasteiger partial charge on any atom is -0.507 e. The minimum atomic E-state index is 0.212. The third-order valence-electron chi connectivity index (χ3n) is 5.01. The number of methoxy groups -OCH3 is 2. The van der Waals surface area contributed by atoms with Crippen LogP contribution in [0.4, 0.5) is 0 Å². The lowest BCUT2D eigenvalue weighted by atomic mass is 10.1. The number of phenols is 1. The van der Waals surface area contributed by atoms with Crippen molar-refractivity contribution in [3.05, 3.63) is 53.6 Å². The molecular formula is C21H27N2O3+. The number of aliphatic imine (C=N–C) groups is 1. The summed E-state index contributed by atoms with van der Waals surface area (Å²) in [6.07, 6.45) is 4.27. The van der Waals surface area contributed by atoms with Gasteiger partial charge in [0.15, 0.2) is 0 Å². The normalized spacial score (nSPS) is 16.1. The molecule has 1 fully saturated rings. The van der Waals surface area contributed by atoms with Crippen molar-refractivity contribution in [2.24, 2.45) is 4.99 Å². The molecule has 3 rings (SSSR count). The van der Waals surface area contributed by atoms with Crippen LogP contribution >= 0.6 is 0 Å². The highest BCUT2D eigenvalue weighted by atomic mass is 16.5. The summed E-state index contributed by atoms with van der Waals surface area (Å²) in [4.78, 5) is 6.22. The summed E-state index contributed by atoms with van der Waals surface area (Å²) in [5.74, 6) is 1.79. The average Bonchev–Trinajstić information content (AvgIpc) is 3.21. The van der Waals surface area contributed by atoms with Crippen molar-refractivity contribution < 1.29 is 19.5 Å².